The Morgan fingerprint density at radius 2 is 1.88 bits per heavy atom. The van der Waals surface area contributed by atoms with Crippen LogP contribution in [0, 0.1) is 6.92 Å². The van der Waals surface area contributed by atoms with Crippen molar-refractivity contribution in [1.29, 1.82) is 0 Å². The highest BCUT2D eigenvalue weighted by Crippen LogP contribution is 2.31. The van der Waals surface area contributed by atoms with Gasteiger partial charge >= 0.3 is 0 Å². The number of aryl methyl sites for hydroxylation is 1. The fourth-order valence-corrected chi connectivity index (χ4v) is 2.42. The van der Waals surface area contributed by atoms with Gasteiger partial charge in [-0.05, 0) is 44.5 Å². The fourth-order valence-electron chi connectivity index (χ4n) is 2.27. The number of halogens is 1. The molecule has 25 heavy (non-hydrogen) atoms. The van der Waals surface area contributed by atoms with Gasteiger partial charge in [-0.25, -0.2) is 0 Å². The van der Waals surface area contributed by atoms with Crippen LogP contribution < -0.4 is 20.1 Å². The van der Waals surface area contributed by atoms with Gasteiger partial charge in [0.1, 0.15) is 11.5 Å². The summed E-state index contributed by atoms with van der Waals surface area (Å²) in [4.78, 5) is 12.3. The van der Waals surface area contributed by atoms with Crippen molar-refractivity contribution in [2.75, 3.05) is 24.3 Å². The van der Waals surface area contributed by atoms with Gasteiger partial charge in [0.15, 0.2) is 0 Å². The molecule has 0 aliphatic carbocycles. The summed E-state index contributed by atoms with van der Waals surface area (Å²) in [6.45, 7) is 5.87. The molecule has 0 aromatic heterocycles. The summed E-state index contributed by atoms with van der Waals surface area (Å²) in [5.74, 6) is 1.05. The maximum absolute atomic E-state index is 12.3. The van der Waals surface area contributed by atoms with Crippen molar-refractivity contribution in [1.82, 2.24) is 0 Å². The molecule has 0 saturated carbocycles. The summed E-state index contributed by atoms with van der Waals surface area (Å²) in [7, 11) is 1.56. The zero-order chi connectivity index (χ0) is 18.4. The van der Waals surface area contributed by atoms with Crippen molar-refractivity contribution < 1.29 is 14.3 Å². The second-order valence-electron chi connectivity index (χ2n) is 5.87. The molecule has 1 amide bonds. The van der Waals surface area contributed by atoms with Crippen LogP contribution in [0.15, 0.2) is 36.4 Å². The molecular formula is C19H23ClN2O3. The van der Waals surface area contributed by atoms with Gasteiger partial charge in [-0.2, -0.15) is 0 Å². The minimum absolute atomic E-state index is 0.0254. The van der Waals surface area contributed by atoms with Crippen LogP contribution in [0.1, 0.15) is 19.4 Å². The van der Waals surface area contributed by atoms with Gasteiger partial charge in [0.05, 0.1) is 31.1 Å². The summed E-state index contributed by atoms with van der Waals surface area (Å²) in [6.07, 6.45) is 0.0254. The van der Waals surface area contributed by atoms with Crippen molar-refractivity contribution in [3.8, 4) is 11.5 Å². The highest BCUT2D eigenvalue weighted by atomic mass is 35.5. The van der Waals surface area contributed by atoms with E-state index in [4.69, 9.17) is 21.1 Å². The average molecular weight is 363 g/mol. The van der Waals surface area contributed by atoms with Gasteiger partial charge in [-0.15, -0.1) is 0 Å². The molecular weight excluding hydrogens is 340 g/mol. The molecule has 0 unspecified atom stereocenters. The van der Waals surface area contributed by atoms with Crippen LogP contribution in [-0.4, -0.2) is 25.7 Å². The number of hydrogen-bond acceptors (Lipinski definition) is 4. The number of carbonyl (C=O) groups is 1. The molecule has 0 spiro atoms. The lowest BCUT2D eigenvalue weighted by atomic mass is 10.2. The number of nitrogens with one attached hydrogen (secondary N) is 2. The van der Waals surface area contributed by atoms with Crippen LogP contribution in [-0.2, 0) is 4.79 Å². The van der Waals surface area contributed by atoms with Gasteiger partial charge < -0.3 is 20.1 Å². The first-order chi connectivity index (χ1) is 11.9. The van der Waals surface area contributed by atoms with E-state index in [9.17, 15) is 4.79 Å². The average Bonchev–Trinajstić information content (AvgIpc) is 2.57. The van der Waals surface area contributed by atoms with Crippen molar-refractivity contribution in [2.45, 2.75) is 26.9 Å². The van der Waals surface area contributed by atoms with E-state index in [1.165, 1.54) is 0 Å². The molecule has 6 heteroatoms. The Morgan fingerprint density at radius 1 is 1.16 bits per heavy atom. The summed E-state index contributed by atoms with van der Waals surface area (Å²) in [5.41, 5.74) is 2.26. The smallest absolute Gasteiger partial charge is 0.243 e. The normalized spacial score (nSPS) is 10.5. The van der Waals surface area contributed by atoms with E-state index in [0.29, 0.717) is 27.9 Å². The number of carbonyl (C=O) groups excluding carboxylic acids is 1. The molecule has 0 fully saturated rings. The van der Waals surface area contributed by atoms with E-state index in [1.54, 1.807) is 13.2 Å². The maximum atomic E-state index is 12.3. The van der Waals surface area contributed by atoms with E-state index < -0.39 is 0 Å². The molecule has 0 radical (unpaired) electrons. The predicted octanol–water partition coefficient (Wildman–Crippen LogP) is 4.49. The van der Waals surface area contributed by atoms with Crippen LogP contribution in [0.2, 0.25) is 5.02 Å². The second kappa shape index (κ2) is 8.62. The highest BCUT2D eigenvalue weighted by molar-refractivity contribution is 6.31. The highest BCUT2D eigenvalue weighted by Gasteiger charge is 2.11. The van der Waals surface area contributed by atoms with Crippen molar-refractivity contribution in [3.63, 3.8) is 0 Å². The molecule has 0 aliphatic rings. The largest absolute Gasteiger partial charge is 0.495 e. The zero-order valence-electron chi connectivity index (χ0n) is 14.9. The number of rotatable bonds is 7. The van der Waals surface area contributed by atoms with Crippen LogP contribution in [0.5, 0.6) is 11.5 Å². The Balaban J connectivity index is 2.04. The quantitative estimate of drug-likeness (QED) is 0.761. The lowest BCUT2D eigenvalue weighted by Crippen LogP contribution is -2.22. The van der Waals surface area contributed by atoms with Gasteiger partial charge in [-0.1, -0.05) is 23.7 Å². The summed E-state index contributed by atoms with van der Waals surface area (Å²) in [5, 5.41) is 6.55. The standard InChI is InChI=1S/C19H23ClN2O3/c1-12(2)25-17-8-6-5-7-15(17)22-19(23)11-21-16-9-13(3)14(20)10-18(16)24-4/h5-10,12,21H,11H2,1-4H3,(H,22,23). The minimum atomic E-state index is -0.186. The Kier molecular flexibility index (Phi) is 6.53. The van der Waals surface area contributed by atoms with E-state index in [-0.39, 0.29) is 18.6 Å². The van der Waals surface area contributed by atoms with E-state index in [1.807, 2.05) is 51.1 Å². The van der Waals surface area contributed by atoms with Gasteiger partial charge in [0.25, 0.3) is 0 Å². The molecule has 2 aromatic carbocycles. The fraction of sp³-hybridized carbons (Fsp3) is 0.316. The van der Waals surface area contributed by atoms with E-state index in [2.05, 4.69) is 10.6 Å². The number of ether oxygens (including phenoxy) is 2. The monoisotopic (exact) mass is 362 g/mol. The summed E-state index contributed by atoms with van der Waals surface area (Å²) >= 11 is 6.09. The lowest BCUT2D eigenvalue weighted by Gasteiger charge is -2.16. The minimum Gasteiger partial charge on any atom is -0.495 e. The van der Waals surface area contributed by atoms with Crippen molar-refractivity contribution in [3.05, 3.63) is 47.0 Å². The third-order valence-electron chi connectivity index (χ3n) is 3.44. The number of amides is 1. The molecule has 2 aromatic rings. The third-order valence-corrected chi connectivity index (χ3v) is 3.85. The number of benzene rings is 2. The van der Waals surface area contributed by atoms with Crippen LogP contribution >= 0.6 is 11.6 Å². The Hall–Kier alpha value is -2.40. The van der Waals surface area contributed by atoms with Gasteiger partial charge in [0.2, 0.25) is 5.91 Å². The predicted molar refractivity (Wildman–Crippen MR) is 102 cm³/mol. The number of anilines is 2. The van der Waals surface area contributed by atoms with Crippen LogP contribution in [0.4, 0.5) is 11.4 Å². The molecule has 2 N–H and O–H groups in total. The first kappa shape index (κ1) is 18.9. The number of methoxy groups -OCH3 is 1. The SMILES string of the molecule is COc1cc(Cl)c(C)cc1NCC(=O)Nc1ccccc1OC(C)C. The van der Waals surface area contributed by atoms with Crippen molar-refractivity contribution in [2.24, 2.45) is 0 Å². The Bertz CT molecular complexity index is 747. The lowest BCUT2D eigenvalue weighted by molar-refractivity contribution is -0.114. The number of para-hydroxylation sites is 2. The summed E-state index contributed by atoms with van der Waals surface area (Å²) in [6, 6.07) is 10.9. The molecule has 0 bridgehead atoms. The maximum Gasteiger partial charge on any atom is 0.243 e. The van der Waals surface area contributed by atoms with Crippen LogP contribution in [0.25, 0.3) is 0 Å². The van der Waals surface area contributed by atoms with Crippen molar-refractivity contribution >= 4 is 28.9 Å². The second-order valence-corrected chi connectivity index (χ2v) is 6.27. The number of hydrogen-bond donors (Lipinski definition) is 2. The van der Waals surface area contributed by atoms with Gasteiger partial charge in [0, 0.05) is 11.1 Å². The first-order valence-corrected chi connectivity index (χ1v) is 8.42. The molecule has 0 aliphatic heterocycles. The molecule has 134 valence electrons. The Labute approximate surface area is 153 Å². The Morgan fingerprint density at radius 3 is 2.56 bits per heavy atom. The van der Waals surface area contributed by atoms with E-state index in [0.717, 1.165) is 5.56 Å². The molecule has 0 atom stereocenters. The first-order valence-electron chi connectivity index (χ1n) is 8.04. The molecule has 5 nitrogen and oxygen atoms in total. The molecule has 0 heterocycles. The van der Waals surface area contributed by atoms with E-state index >= 15 is 0 Å². The van der Waals surface area contributed by atoms with Gasteiger partial charge in [-0.3, -0.25) is 4.79 Å². The molecule has 0 saturated heterocycles. The zero-order valence-corrected chi connectivity index (χ0v) is 15.6. The topological polar surface area (TPSA) is 59.6 Å². The molecule has 2 rings (SSSR count). The van der Waals surface area contributed by atoms with Crippen LogP contribution in [0.3, 0.4) is 0 Å². The third kappa shape index (κ3) is 5.29. The summed E-state index contributed by atoms with van der Waals surface area (Å²) < 4.78 is 11.0.